The van der Waals surface area contributed by atoms with Crippen molar-refractivity contribution in [2.24, 2.45) is 4.99 Å². The largest absolute Gasteiger partial charge is 0.366 e. The van der Waals surface area contributed by atoms with Crippen molar-refractivity contribution in [1.82, 2.24) is 19.9 Å². The van der Waals surface area contributed by atoms with Crippen LogP contribution in [0.5, 0.6) is 0 Å². The Bertz CT molecular complexity index is 896. The van der Waals surface area contributed by atoms with Crippen molar-refractivity contribution in [2.45, 2.75) is 45.7 Å². The molecule has 2 aromatic heterocycles. The highest BCUT2D eigenvalue weighted by Gasteiger charge is 2.21. The van der Waals surface area contributed by atoms with Crippen LogP contribution in [0, 0.1) is 0 Å². The predicted molar refractivity (Wildman–Crippen MR) is 98.5 cm³/mol. The lowest BCUT2D eigenvalue weighted by Gasteiger charge is -2.35. The van der Waals surface area contributed by atoms with Gasteiger partial charge in [-0.15, -0.1) is 0 Å². The molecule has 0 atom stereocenters. The summed E-state index contributed by atoms with van der Waals surface area (Å²) in [5.41, 5.74) is 3.68. The zero-order valence-corrected chi connectivity index (χ0v) is 15.0. The van der Waals surface area contributed by atoms with Gasteiger partial charge in [0.1, 0.15) is 5.82 Å². The van der Waals surface area contributed by atoms with E-state index in [-0.39, 0.29) is 0 Å². The van der Waals surface area contributed by atoms with E-state index in [1.165, 1.54) is 0 Å². The molecule has 0 spiro atoms. The molecule has 0 radical (unpaired) electrons. The summed E-state index contributed by atoms with van der Waals surface area (Å²) in [6.07, 6.45) is 7.70. The van der Waals surface area contributed by atoms with E-state index in [9.17, 15) is 0 Å². The number of pyridine rings is 1. The van der Waals surface area contributed by atoms with Crippen molar-refractivity contribution in [3.8, 4) is 11.3 Å². The molecule has 2 aliphatic rings. The van der Waals surface area contributed by atoms with Gasteiger partial charge < -0.3 is 10.2 Å². The summed E-state index contributed by atoms with van der Waals surface area (Å²) in [5, 5.41) is 4.66. The number of hydrogen-bond acceptors (Lipinski definition) is 6. The lowest BCUT2D eigenvalue weighted by molar-refractivity contribution is 0.177. The summed E-state index contributed by atoms with van der Waals surface area (Å²) in [5.74, 6) is 0.841. The minimum Gasteiger partial charge on any atom is -0.366 e. The van der Waals surface area contributed by atoms with Crippen molar-refractivity contribution in [3.05, 3.63) is 35.4 Å². The van der Waals surface area contributed by atoms with E-state index in [2.05, 4.69) is 45.1 Å². The first-order valence-corrected chi connectivity index (χ1v) is 8.99. The van der Waals surface area contributed by atoms with E-state index in [4.69, 9.17) is 4.98 Å². The normalized spacial score (nSPS) is 17.8. The van der Waals surface area contributed by atoms with Crippen LogP contribution in [-0.4, -0.2) is 45.0 Å². The second-order valence-corrected chi connectivity index (χ2v) is 7.13. The Kier molecular flexibility index (Phi) is 4.21. The van der Waals surface area contributed by atoms with Crippen molar-refractivity contribution in [2.75, 3.05) is 18.4 Å². The smallest absolute Gasteiger partial charge is 0.161 e. The summed E-state index contributed by atoms with van der Waals surface area (Å²) in [6.45, 7) is 8.79. The van der Waals surface area contributed by atoms with Gasteiger partial charge in [0.15, 0.2) is 5.49 Å². The standard InChI is InChI=1S/C19H24N6/c1-12(2)25-6-4-15(5-7-25)23-18-11-20-10-17(24-18)14-8-16-13(3)22-19(16)21-9-14/h8-12,15H,4-7H2,1-3H3,(H,23,24). The number of piperidine rings is 1. The Hall–Kier alpha value is -2.34. The topological polar surface area (TPSA) is 66.3 Å². The first kappa shape index (κ1) is 16.1. The maximum Gasteiger partial charge on any atom is 0.161 e. The van der Waals surface area contributed by atoms with E-state index in [0.717, 1.165) is 59.4 Å². The number of hydrogen-bond donors (Lipinski definition) is 1. The minimum absolute atomic E-state index is 0.462. The van der Waals surface area contributed by atoms with E-state index in [1.807, 2.05) is 13.1 Å². The van der Waals surface area contributed by atoms with Gasteiger partial charge in [-0.05, 0) is 39.7 Å². The van der Waals surface area contributed by atoms with Crippen LogP contribution in [0.3, 0.4) is 0 Å². The fourth-order valence-corrected chi connectivity index (χ4v) is 3.46. The van der Waals surface area contributed by atoms with E-state index in [0.29, 0.717) is 12.1 Å². The molecule has 0 aromatic carbocycles. The molecule has 6 heteroatoms. The molecule has 1 N–H and O–H groups in total. The third kappa shape index (κ3) is 3.26. The van der Waals surface area contributed by atoms with Gasteiger partial charge in [0.25, 0.3) is 0 Å². The van der Waals surface area contributed by atoms with Crippen LogP contribution in [-0.2, 0) is 0 Å². The van der Waals surface area contributed by atoms with Crippen molar-refractivity contribution in [3.63, 3.8) is 0 Å². The van der Waals surface area contributed by atoms with Gasteiger partial charge in [-0.2, -0.15) is 0 Å². The highest BCUT2D eigenvalue weighted by molar-refractivity contribution is 5.61. The molecule has 2 aliphatic heterocycles. The number of nitrogens with zero attached hydrogens (tertiary/aromatic N) is 5. The maximum atomic E-state index is 4.74. The second kappa shape index (κ2) is 6.52. The highest BCUT2D eigenvalue weighted by Crippen LogP contribution is 2.19. The highest BCUT2D eigenvalue weighted by atomic mass is 15.2. The van der Waals surface area contributed by atoms with Crippen molar-refractivity contribution in [1.29, 1.82) is 0 Å². The molecule has 1 saturated heterocycles. The molecule has 4 heterocycles. The van der Waals surface area contributed by atoms with E-state index >= 15 is 0 Å². The van der Waals surface area contributed by atoms with Gasteiger partial charge in [0.2, 0.25) is 0 Å². The fourth-order valence-electron chi connectivity index (χ4n) is 3.46. The second-order valence-electron chi connectivity index (χ2n) is 7.13. The quantitative estimate of drug-likeness (QED) is 0.918. The third-order valence-corrected chi connectivity index (χ3v) is 5.07. The van der Waals surface area contributed by atoms with Gasteiger partial charge >= 0.3 is 0 Å². The Morgan fingerprint density at radius 2 is 1.96 bits per heavy atom. The van der Waals surface area contributed by atoms with Crippen molar-refractivity contribution < 1.29 is 0 Å². The molecule has 6 nitrogen and oxygen atoms in total. The zero-order valence-electron chi connectivity index (χ0n) is 15.0. The molecule has 0 saturated carbocycles. The molecular formula is C19H24N6. The molecular weight excluding hydrogens is 312 g/mol. The summed E-state index contributed by atoms with van der Waals surface area (Å²) in [6, 6.07) is 3.18. The molecule has 2 aromatic rings. The summed E-state index contributed by atoms with van der Waals surface area (Å²) >= 11 is 0. The zero-order chi connectivity index (χ0) is 17.4. The van der Waals surface area contributed by atoms with E-state index in [1.54, 1.807) is 12.4 Å². The SMILES string of the molecule is CC1=c2cc(-c3cncc(NC4CCN(C(C)C)CC4)n3)cnc2=N1. The molecule has 4 rings (SSSR count). The Balaban J connectivity index is 1.48. The van der Waals surface area contributed by atoms with Crippen LogP contribution in [0.1, 0.15) is 33.6 Å². The first-order valence-electron chi connectivity index (χ1n) is 8.99. The molecule has 25 heavy (non-hydrogen) atoms. The molecule has 0 amide bonds. The van der Waals surface area contributed by atoms with Crippen LogP contribution >= 0.6 is 0 Å². The van der Waals surface area contributed by atoms with Crippen molar-refractivity contribution >= 4 is 11.5 Å². The van der Waals surface area contributed by atoms with Gasteiger partial charge in [0.05, 0.1) is 23.8 Å². The molecule has 0 bridgehead atoms. The minimum atomic E-state index is 0.462. The lowest BCUT2D eigenvalue weighted by Crippen LogP contribution is -2.42. The Labute approximate surface area is 147 Å². The average molecular weight is 336 g/mol. The Morgan fingerprint density at radius 3 is 2.68 bits per heavy atom. The Morgan fingerprint density at radius 1 is 1.16 bits per heavy atom. The van der Waals surface area contributed by atoms with Crippen LogP contribution in [0.2, 0.25) is 0 Å². The predicted octanol–water partition coefficient (Wildman–Crippen LogP) is 1.58. The summed E-state index contributed by atoms with van der Waals surface area (Å²) < 4.78 is 0. The number of fused-ring (bicyclic) bond motifs is 1. The van der Waals surface area contributed by atoms with Crippen LogP contribution in [0.4, 0.5) is 5.82 Å². The number of aromatic nitrogens is 3. The van der Waals surface area contributed by atoms with Crippen LogP contribution in [0.25, 0.3) is 17.0 Å². The maximum absolute atomic E-state index is 4.74. The van der Waals surface area contributed by atoms with Gasteiger partial charge in [-0.25, -0.2) is 15.0 Å². The molecule has 1 fully saturated rings. The van der Waals surface area contributed by atoms with Crippen LogP contribution < -0.4 is 16.0 Å². The third-order valence-electron chi connectivity index (χ3n) is 5.07. The lowest BCUT2D eigenvalue weighted by atomic mass is 10.0. The fraction of sp³-hybridized carbons (Fsp3) is 0.474. The number of likely N-dealkylation sites (tertiary alicyclic amines) is 1. The van der Waals surface area contributed by atoms with Gasteiger partial charge in [0, 0.05) is 42.2 Å². The van der Waals surface area contributed by atoms with Gasteiger partial charge in [-0.3, -0.25) is 4.98 Å². The monoisotopic (exact) mass is 336 g/mol. The number of rotatable bonds is 4. The summed E-state index contributed by atoms with van der Waals surface area (Å²) in [7, 11) is 0. The molecule has 0 unspecified atom stereocenters. The van der Waals surface area contributed by atoms with E-state index < -0.39 is 0 Å². The average Bonchev–Trinajstić information content (AvgIpc) is 2.61. The molecule has 0 aliphatic carbocycles. The summed E-state index contributed by atoms with van der Waals surface area (Å²) in [4.78, 5) is 20.3. The van der Waals surface area contributed by atoms with Gasteiger partial charge in [-0.1, -0.05) is 0 Å². The number of anilines is 1. The number of nitrogens with one attached hydrogen (secondary N) is 1. The first-order chi connectivity index (χ1) is 12.1. The van der Waals surface area contributed by atoms with Crippen LogP contribution in [0.15, 0.2) is 29.6 Å². The molecule has 130 valence electrons.